The summed E-state index contributed by atoms with van der Waals surface area (Å²) in [5.41, 5.74) is 2.02. The van der Waals surface area contributed by atoms with Crippen LogP contribution in [0, 0.1) is 0 Å². The van der Waals surface area contributed by atoms with Gasteiger partial charge in [0, 0.05) is 36.9 Å². The first-order chi connectivity index (χ1) is 10.7. The van der Waals surface area contributed by atoms with Gasteiger partial charge in [-0.15, -0.1) is 0 Å². The predicted molar refractivity (Wildman–Crippen MR) is 86.4 cm³/mol. The molecule has 6 nitrogen and oxygen atoms in total. The fourth-order valence-electron chi connectivity index (χ4n) is 1.70. The van der Waals surface area contributed by atoms with E-state index in [4.69, 9.17) is 0 Å². The summed E-state index contributed by atoms with van der Waals surface area (Å²) in [7, 11) is 1.53. The molecule has 0 unspecified atom stereocenters. The Labute approximate surface area is 128 Å². The minimum absolute atomic E-state index is 0.263. The molecule has 2 aromatic rings. The van der Waals surface area contributed by atoms with Crippen molar-refractivity contribution in [1.82, 2.24) is 10.3 Å². The Bertz CT molecular complexity index is 684. The summed E-state index contributed by atoms with van der Waals surface area (Å²) in [5.74, 6) is -0.263. The highest BCUT2D eigenvalue weighted by Gasteiger charge is 2.02. The van der Waals surface area contributed by atoms with E-state index in [1.54, 1.807) is 48.8 Å². The normalized spacial score (nSPS) is 10.2. The highest BCUT2D eigenvalue weighted by molar-refractivity contribution is 6.02. The van der Waals surface area contributed by atoms with Crippen molar-refractivity contribution in [2.24, 2.45) is 0 Å². The zero-order valence-electron chi connectivity index (χ0n) is 12.0. The van der Waals surface area contributed by atoms with E-state index in [2.05, 4.69) is 20.9 Å². The van der Waals surface area contributed by atoms with E-state index < -0.39 is 0 Å². The fourth-order valence-corrected chi connectivity index (χ4v) is 1.70. The molecule has 0 spiro atoms. The molecule has 1 aromatic carbocycles. The van der Waals surface area contributed by atoms with Crippen LogP contribution >= 0.6 is 0 Å². The molecule has 0 aliphatic heterocycles. The first-order valence-electron chi connectivity index (χ1n) is 6.65. The lowest BCUT2D eigenvalue weighted by atomic mass is 10.2. The van der Waals surface area contributed by atoms with Gasteiger partial charge in [-0.3, -0.25) is 9.78 Å². The van der Waals surface area contributed by atoms with Crippen molar-refractivity contribution in [3.8, 4) is 0 Å². The highest BCUT2D eigenvalue weighted by Crippen LogP contribution is 2.15. The first-order valence-corrected chi connectivity index (χ1v) is 6.65. The quantitative estimate of drug-likeness (QED) is 0.758. The molecule has 0 radical (unpaired) electrons. The van der Waals surface area contributed by atoms with Gasteiger partial charge in [-0.1, -0.05) is 12.1 Å². The van der Waals surface area contributed by atoms with Crippen LogP contribution in [0.2, 0.25) is 0 Å². The van der Waals surface area contributed by atoms with E-state index in [9.17, 15) is 9.59 Å². The van der Waals surface area contributed by atoms with Crippen LogP contribution in [-0.4, -0.2) is 24.0 Å². The molecule has 1 heterocycles. The molecule has 3 amide bonds. The smallest absolute Gasteiger partial charge is 0.318 e. The molecule has 0 fully saturated rings. The number of nitrogens with zero attached hydrogens (tertiary/aromatic N) is 1. The number of amides is 3. The van der Waals surface area contributed by atoms with E-state index >= 15 is 0 Å². The maximum absolute atomic E-state index is 11.9. The maximum Gasteiger partial charge on any atom is 0.318 e. The molecule has 0 aliphatic rings. The number of anilines is 2. The largest absolute Gasteiger partial charge is 0.341 e. The van der Waals surface area contributed by atoms with Crippen LogP contribution in [0.25, 0.3) is 6.08 Å². The minimum atomic E-state index is -0.319. The summed E-state index contributed by atoms with van der Waals surface area (Å²) >= 11 is 0. The molecule has 2 rings (SSSR count). The SMILES string of the molecule is CNC(=O)Nc1cccc(NC(=O)/C=C/c2cccnc2)c1. The number of benzene rings is 1. The molecule has 0 atom stereocenters. The van der Waals surface area contributed by atoms with Crippen LogP contribution in [0.3, 0.4) is 0 Å². The van der Waals surface area contributed by atoms with Crippen molar-refractivity contribution in [2.75, 3.05) is 17.7 Å². The first kappa shape index (κ1) is 15.2. The maximum atomic E-state index is 11.9. The summed E-state index contributed by atoms with van der Waals surface area (Å²) in [4.78, 5) is 27.1. The van der Waals surface area contributed by atoms with Crippen molar-refractivity contribution in [1.29, 1.82) is 0 Å². The zero-order chi connectivity index (χ0) is 15.8. The van der Waals surface area contributed by atoms with E-state index in [-0.39, 0.29) is 11.9 Å². The summed E-state index contributed by atoms with van der Waals surface area (Å²) in [5, 5.41) is 7.82. The second-order valence-electron chi connectivity index (χ2n) is 4.39. The highest BCUT2D eigenvalue weighted by atomic mass is 16.2. The number of nitrogens with one attached hydrogen (secondary N) is 3. The van der Waals surface area contributed by atoms with Crippen LogP contribution in [-0.2, 0) is 4.79 Å². The number of urea groups is 1. The number of hydrogen-bond acceptors (Lipinski definition) is 3. The minimum Gasteiger partial charge on any atom is -0.341 e. The Balaban J connectivity index is 1.98. The molecule has 6 heteroatoms. The third-order valence-electron chi connectivity index (χ3n) is 2.73. The Kier molecular flexibility index (Phi) is 5.25. The predicted octanol–water partition coefficient (Wildman–Crippen LogP) is 2.48. The van der Waals surface area contributed by atoms with Crippen molar-refractivity contribution in [3.63, 3.8) is 0 Å². The van der Waals surface area contributed by atoms with Gasteiger partial charge < -0.3 is 16.0 Å². The Morgan fingerprint density at radius 2 is 1.86 bits per heavy atom. The standard InChI is InChI=1S/C16H16N4O2/c1-17-16(22)20-14-6-2-5-13(10-14)19-15(21)8-7-12-4-3-9-18-11-12/h2-11H,1H3,(H,19,21)(H2,17,20,22)/b8-7+. The molecule has 0 aliphatic carbocycles. The topological polar surface area (TPSA) is 83.1 Å². The van der Waals surface area contributed by atoms with Crippen molar-refractivity contribution in [3.05, 3.63) is 60.4 Å². The molecular weight excluding hydrogens is 280 g/mol. The van der Waals surface area contributed by atoms with Gasteiger partial charge in [0.25, 0.3) is 0 Å². The van der Waals surface area contributed by atoms with Crippen LogP contribution < -0.4 is 16.0 Å². The number of carbonyl (C=O) groups is 2. The molecule has 0 saturated carbocycles. The summed E-state index contributed by atoms with van der Waals surface area (Å²) in [6, 6.07) is 10.2. The van der Waals surface area contributed by atoms with Gasteiger partial charge in [0.2, 0.25) is 5.91 Å². The van der Waals surface area contributed by atoms with Crippen LogP contribution in [0.5, 0.6) is 0 Å². The molecule has 0 saturated heterocycles. The van der Waals surface area contributed by atoms with Gasteiger partial charge in [0.15, 0.2) is 0 Å². The molecule has 112 valence electrons. The Morgan fingerprint density at radius 1 is 1.09 bits per heavy atom. The van der Waals surface area contributed by atoms with Crippen molar-refractivity contribution < 1.29 is 9.59 Å². The second kappa shape index (κ2) is 7.58. The van der Waals surface area contributed by atoms with Gasteiger partial charge in [-0.2, -0.15) is 0 Å². The lowest BCUT2D eigenvalue weighted by Gasteiger charge is -2.07. The Morgan fingerprint density at radius 3 is 2.55 bits per heavy atom. The monoisotopic (exact) mass is 296 g/mol. The van der Waals surface area contributed by atoms with Crippen LogP contribution in [0.15, 0.2) is 54.9 Å². The molecule has 0 bridgehead atoms. The number of aromatic nitrogens is 1. The van der Waals surface area contributed by atoms with Crippen LogP contribution in [0.1, 0.15) is 5.56 Å². The summed E-state index contributed by atoms with van der Waals surface area (Å²) < 4.78 is 0. The van der Waals surface area contributed by atoms with Gasteiger partial charge in [-0.05, 0) is 35.9 Å². The number of rotatable bonds is 4. The third kappa shape index (κ3) is 4.75. The second-order valence-corrected chi connectivity index (χ2v) is 4.39. The number of pyridine rings is 1. The average molecular weight is 296 g/mol. The van der Waals surface area contributed by atoms with E-state index in [0.29, 0.717) is 11.4 Å². The van der Waals surface area contributed by atoms with E-state index in [1.807, 2.05) is 6.07 Å². The lowest BCUT2D eigenvalue weighted by molar-refractivity contribution is -0.111. The summed E-state index contributed by atoms with van der Waals surface area (Å²) in [6.07, 6.45) is 6.44. The van der Waals surface area contributed by atoms with Gasteiger partial charge >= 0.3 is 6.03 Å². The Hall–Kier alpha value is -3.15. The molecule has 3 N–H and O–H groups in total. The van der Waals surface area contributed by atoms with Crippen molar-refractivity contribution in [2.45, 2.75) is 0 Å². The van der Waals surface area contributed by atoms with Gasteiger partial charge in [0.1, 0.15) is 0 Å². The lowest BCUT2D eigenvalue weighted by Crippen LogP contribution is -2.24. The van der Waals surface area contributed by atoms with Gasteiger partial charge in [-0.25, -0.2) is 4.79 Å². The molecular formula is C16H16N4O2. The summed E-state index contributed by atoms with van der Waals surface area (Å²) in [6.45, 7) is 0. The van der Waals surface area contributed by atoms with Crippen molar-refractivity contribution >= 4 is 29.4 Å². The van der Waals surface area contributed by atoms with Crippen LogP contribution in [0.4, 0.5) is 16.2 Å². The van der Waals surface area contributed by atoms with Gasteiger partial charge in [0.05, 0.1) is 0 Å². The van der Waals surface area contributed by atoms with E-state index in [1.165, 1.54) is 13.1 Å². The number of hydrogen-bond donors (Lipinski definition) is 3. The molecule has 22 heavy (non-hydrogen) atoms. The third-order valence-corrected chi connectivity index (χ3v) is 2.73. The zero-order valence-corrected chi connectivity index (χ0v) is 12.0. The number of carbonyl (C=O) groups excluding carboxylic acids is 2. The molecule has 1 aromatic heterocycles. The van der Waals surface area contributed by atoms with E-state index in [0.717, 1.165) is 5.56 Å². The fraction of sp³-hybridized carbons (Fsp3) is 0.0625. The average Bonchev–Trinajstić information content (AvgIpc) is 2.54.